The molecule has 0 amide bonds. The fourth-order valence-electron chi connectivity index (χ4n) is 2.77. The third-order valence-electron chi connectivity index (χ3n) is 4.37. The number of carboxylic acid groups (broad SMARTS) is 1. The molecule has 0 radical (unpaired) electrons. The van der Waals surface area contributed by atoms with E-state index in [-0.39, 0.29) is 11.6 Å². The number of aliphatic carboxylic acids is 1. The summed E-state index contributed by atoms with van der Waals surface area (Å²) in [6.45, 7) is 11.9. The molecule has 1 aliphatic carbocycles. The zero-order chi connectivity index (χ0) is 14.8. The third-order valence-corrected chi connectivity index (χ3v) is 4.37. The molecule has 0 bridgehead atoms. The summed E-state index contributed by atoms with van der Waals surface area (Å²) in [5.41, 5.74) is 0.239. The van der Waals surface area contributed by atoms with Crippen LogP contribution in [-0.2, 0) is 4.79 Å². The van der Waals surface area contributed by atoms with E-state index in [0.29, 0.717) is 12.5 Å². The zero-order valence-electron chi connectivity index (χ0n) is 13.1. The molecule has 0 spiro atoms. The molecule has 1 saturated carbocycles. The first-order valence-corrected chi connectivity index (χ1v) is 7.82. The van der Waals surface area contributed by atoms with Crippen molar-refractivity contribution < 1.29 is 9.90 Å². The molecular formula is C15H29N3O2. The number of carboxylic acids is 1. The first-order valence-electron chi connectivity index (χ1n) is 7.82. The molecule has 116 valence electrons. The van der Waals surface area contributed by atoms with Crippen molar-refractivity contribution in [1.82, 2.24) is 15.1 Å². The van der Waals surface area contributed by atoms with Crippen molar-refractivity contribution in [3.05, 3.63) is 0 Å². The second-order valence-electron chi connectivity index (χ2n) is 7.12. The highest BCUT2D eigenvalue weighted by Crippen LogP contribution is 2.20. The van der Waals surface area contributed by atoms with Gasteiger partial charge in [0.2, 0.25) is 0 Å². The molecule has 0 aromatic heterocycles. The number of hydrogen-bond acceptors (Lipinski definition) is 4. The third kappa shape index (κ3) is 4.72. The smallest absolute Gasteiger partial charge is 0.320 e. The van der Waals surface area contributed by atoms with Crippen molar-refractivity contribution in [3.8, 4) is 0 Å². The maximum Gasteiger partial charge on any atom is 0.320 e. The zero-order valence-corrected chi connectivity index (χ0v) is 13.1. The van der Waals surface area contributed by atoms with Gasteiger partial charge in [-0.3, -0.25) is 9.69 Å². The Morgan fingerprint density at radius 3 is 2.30 bits per heavy atom. The van der Waals surface area contributed by atoms with Gasteiger partial charge in [0, 0.05) is 44.3 Å². The van der Waals surface area contributed by atoms with Crippen molar-refractivity contribution in [2.75, 3.05) is 32.7 Å². The van der Waals surface area contributed by atoms with Gasteiger partial charge >= 0.3 is 5.97 Å². The minimum Gasteiger partial charge on any atom is -0.480 e. The molecule has 0 aromatic carbocycles. The summed E-state index contributed by atoms with van der Waals surface area (Å²) < 4.78 is 0. The summed E-state index contributed by atoms with van der Waals surface area (Å²) in [4.78, 5) is 16.1. The number of nitrogens with one attached hydrogen (secondary N) is 1. The minimum atomic E-state index is -0.703. The molecular weight excluding hydrogens is 254 g/mol. The van der Waals surface area contributed by atoms with Crippen LogP contribution in [0.15, 0.2) is 0 Å². The van der Waals surface area contributed by atoms with E-state index in [4.69, 9.17) is 0 Å². The minimum absolute atomic E-state index is 0.239. The Hall–Kier alpha value is -0.650. The van der Waals surface area contributed by atoms with Crippen LogP contribution in [-0.4, -0.2) is 71.2 Å². The Balaban J connectivity index is 1.70. The molecule has 1 saturated heterocycles. The summed E-state index contributed by atoms with van der Waals surface area (Å²) in [6, 6.07) is 0.0805. The molecule has 0 aromatic rings. The van der Waals surface area contributed by atoms with Crippen molar-refractivity contribution in [2.45, 2.75) is 57.7 Å². The highest BCUT2D eigenvalue weighted by molar-refractivity contribution is 5.73. The molecule has 2 N–H and O–H groups in total. The summed E-state index contributed by atoms with van der Waals surface area (Å²) >= 11 is 0. The predicted octanol–water partition coefficient (Wildman–Crippen LogP) is 0.998. The highest BCUT2D eigenvalue weighted by atomic mass is 16.4. The van der Waals surface area contributed by atoms with Gasteiger partial charge in [-0.2, -0.15) is 0 Å². The van der Waals surface area contributed by atoms with Gasteiger partial charge in [-0.1, -0.05) is 0 Å². The Labute approximate surface area is 122 Å². The lowest BCUT2D eigenvalue weighted by atomic mass is 10.0. The molecule has 1 atom stereocenters. The van der Waals surface area contributed by atoms with Crippen molar-refractivity contribution in [3.63, 3.8) is 0 Å². The Morgan fingerprint density at radius 2 is 1.85 bits per heavy atom. The summed E-state index contributed by atoms with van der Waals surface area (Å²) in [5, 5.41) is 12.5. The highest BCUT2D eigenvalue weighted by Gasteiger charge is 2.29. The quantitative estimate of drug-likeness (QED) is 0.761. The van der Waals surface area contributed by atoms with Crippen LogP contribution in [0.2, 0.25) is 0 Å². The van der Waals surface area contributed by atoms with E-state index in [1.54, 1.807) is 0 Å². The van der Waals surface area contributed by atoms with Crippen LogP contribution in [0, 0.1) is 0 Å². The number of nitrogens with zero attached hydrogens (tertiary/aromatic N) is 2. The number of carbonyl (C=O) groups is 1. The van der Waals surface area contributed by atoms with E-state index in [1.165, 1.54) is 0 Å². The second-order valence-corrected chi connectivity index (χ2v) is 7.12. The van der Waals surface area contributed by atoms with Crippen molar-refractivity contribution in [1.29, 1.82) is 0 Å². The van der Waals surface area contributed by atoms with Gasteiger partial charge in [0.05, 0.1) is 0 Å². The fraction of sp³-hybridized carbons (Fsp3) is 0.933. The lowest BCUT2D eigenvalue weighted by Gasteiger charge is -2.42. The molecule has 2 fully saturated rings. The van der Waals surface area contributed by atoms with Gasteiger partial charge < -0.3 is 15.3 Å². The maximum absolute atomic E-state index is 11.2. The van der Waals surface area contributed by atoms with Crippen molar-refractivity contribution >= 4 is 5.97 Å². The van der Waals surface area contributed by atoms with Crippen molar-refractivity contribution in [2.24, 2.45) is 0 Å². The molecule has 1 heterocycles. The van der Waals surface area contributed by atoms with Gasteiger partial charge in [0.15, 0.2) is 0 Å². The molecule has 20 heavy (non-hydrogen) atoms. The Bertz CT molecular complexity index is 329. The monoisotopic (exact) mass is 283 g/mol. The van der Waals surface area contributed by atoms with E-state index < -0.39 is 5.97 Å². The van der Waals surface area contributed by atoms with Crippen LogP contribution in [0.4, 0.5) is 0 Å². The number of rotatable bonds is 6. The SMILES string of the molecule is CC(C)(C)N1CCN(CCC(NC2CC2)C(=O)O)CC1. The van der Waals surface area contributed by atoms with Crippen LogP contribution in [0.1, 0.15) is 40.0 Å². The Kier molecular flexibility index (Phi) is 5.04. The van der Waals surface area contributed by atoms with E-state index >= 15 is 0 Å². The second kappa shape index (κ2) is 6.41. The van der Waals surface area contributed by atoms with Crippen LogP contribution in [0.25, 0.3) is 0 Å². The standard InChI is InChI=1S/C15H29N3O2/c1-15(2,3)18-10-8-17(9-11-18)7-6-13(14(19)20)16-12-4-5-12/h12-13,16H,4-11H2,1-3H3,(H,19,20). The molecule has 2 aliphatic rings. The van der Waals surface area contributed by atoms with Crippen LogP contribution in [0.3, 0.4) is 0 Å². The molecule has 5 heteroatoms. The Morgan fingerprint density at radius 1 is 1.25 bits per heavy atom. The van der Waals surface area contributed by atoms with E-state index in [2.05, 4.69) is 35.9 Å². The topological polar surface area (TPSA) is 55.8 Å². The predicted molar refractivity (Wildman–Crippen MR) is 80.0 cm³/mol. The lowest BCUT2D eigenvalue weighted by molar-refractivity contribution is -0.139. The van der Waals surface area contributed by atoms with E-state index in [1.807, 2.05) is 0 Å². The molecule has 1 aliphatic heterocycles. The lowest BCUT2D eigenvalue weighted by Crippen LogP contribution is -2.54. The van der Waals surface area contributed by atoms with E-state index in [0.717, 1.165) is 45.6 Å². The van der Waals surface area contributed by atoms with E-state index in [9.17, 15) is 9.90 Å². The maximum atomic E-state index is 11.2. The van der Waals surface area contributed by atoms with Crippen LogP contribution >= 0.6 is 0 Å². The van der Waals surface area contributed by atoms with Crippen LogP contribution < -0.4 is 5.32 Å². The average Bonchev–Trinajstić information content (AvgIpc) is 3.17. The van der Waals surface area contributed by atoms with Gasteiger partial charge in [-0.25, -0.2) is 0 Å². The van der Waals surface area contributed by atoms with Gasteiger partial charge in [0.1, 0.15) is 6.04 Å². The summed E-state index contributed by atoms with van der Waals surface area (Å²) in [7, 11) is 0. The van der Waals surface area contributed by atoms with Crippen LogP contribution in [0.5, 0.6) is 0 Å². The molecule has 5 nitrogen and oxygen atoms in total. The average molecular weight is 283 g/mol. The first-order chi connectivity index (χ1) is 9.36. The molecule has 1 unspecified atom stereocenters. The summed E-state index contributed by atoms with van der Waals surface area (Å²) in [6.07, 6.45) is 2.98. The fourth-order valence-corrected chi connectivity index (χ4v) is 2.77. The largest absolute Gasteiger partial charge is 0.480 e. The number of piperazine rings is 1. The van der Waals surface area contributed by atoms with Gasteiger partial charge in [-0.05, 0) is 40.0 Å². The summed E-state index contributed by atoms with van der Waals surface area (Å²) in [5.74, 6) is -0.703. The normalized spacial score (nSPS) is 23.8. The first kappa shape index (κ1) is 15.7. The molecule has 2 rings (SSSR count). The van der Waals surface area contributed by atoms with Gasteiger partial charge in [0.25, 0.3) is 0 Å². The van der Waals surface area contributed by atoms with Gasteiger partial charge in [-0.15, -0.1) is 0 Å². The number of hydrogen-bond donors (Lipinski definition) is 2.